The van der Waals surface area contributed by atoms with E-state index in [1.54, 1.807) is 43.4 Å². The maximum atomic E-state index is 13.2. The van der Waals surface area contributed by atoms with E-state index >= 15 is 0 Å². The summed E-state index contributed by atoms with van der Waals surface area (Å²) in [4.78, 5) is 28.1. The Balaban J connectivity index is 1.90. The molecule has 2 unspecified atom stereocenters. The van der Waals surface area contributed by atoms with Crippen LogP contribution < -0.4 is 14.8 Å². The van der Waals surface area contributed by atoms with Crippen LogP contribution in [0, 0.1) is 11.8 Å². The molecule has 0 bridgehead atoms. The van der Waals surface area contributed by atoms with E-state index < -0.39 is 0 Å². The average molecular weight is 459 g/mol. The molecule has 2 aromatic rings. The molecular weight excluding hydrogens is 428 g/mol. The minimum atomic E-state index is -0.389. The third-order valence-electron chi connectivity index (χ3n) is 5.89. The van der Waals surface area contributed by atoms with Crippen molar-refractivity contribution in [1.29, 1.82) is 0 Å². The highest BCUT2D eigenvalue weighted by molar-refractivity contribution is 6.30. The molecule has 172 valence electrons. The standard InChI is InChI=1S/C25H31ClN2O4/c1-16(2)11-12-27-24(29)22-15-28(25(30)17-5-7-18(26)8-6-17)14-21(22)20-13-19(31-3)9-10-23(20)32-4/h5-10,13,16,21-22H,11-12,14-15H2,1-4H3,(H,27,29). The van der Waals surface area contributed by atoms with Crippen LogP contribution in [0.3, 0.4) is 0 Å². The van der Waals surface area contributed by atoms with Gasteiger partial charge in [-0.05, 0) is 54.8 Å². The van der Waals surface area contributed by atoms with E-state index in [-0.39, 0.29) is 23.7 Å². The Morgan fingerprint density at radius 3 is 2.44 bits per heavy atom. The molecule has 1 fully saturated rings. The summed E-state index contributed by atoms with van der Waals surface area (Å²) in [5.74, 6) is 1.09. The molecule has 2 aromatic carbocycles. The lowest BCUT2D eigenvalue weighted by molar-refractivity contribution is -0.124. The summed E-state index contributed by atoms with van der Waals surface area (Å²) in [5, 5.41) is 3.64. The predicted octanol–water partition coefficient (Wildman–Crippen LogP) is 4.38. The molecule has 3 rings (SSSR count). The highest BCUT2D eigenvalue weighted by Crippen LogP contribution is 2.40. The largest absolute Gasteiger partial charge is 0.497 e. The fourth-order valence-corrected chi connectivity index (χ4v) is 4.20. The van der Waals surface area contributed by atoms with Crippen molar-refractivity contribution in [3.05, 3.63) is 58.6 Å². The lowest BCUT2D eigenvalue weighted by Gasteiger charge is -2.21. The minimum Gasteiger partial charge on any atom is -0.497 e. The first-order chi connectivity index (χ1) is 15.3. The molecule has 32 heavy (non-hydrogen) atoms. The Kier molecular flexibility index (Phi) is 8.02. The lowest BCUT2D eigenvalue weighted by atomic mass is 9.87. The van der Waals surface area contributed by atoms with Crippen molar-refractivity contribution >= 4 is 23.4 Å². The monoisotopic (exact) mass is 458 g/mol. The Labute approximate surface area is 194 Å². The van der Waals surface area contributed by atoms with Gasteiger partial charge in [0.25, 0.3) is 5.91 Å². The maximum Gasteiger partial charge on any atom is 0.253 e. The molecule has 2 amide bonds. The van der Waals surface area contributed by atoms with Crippen LogP contribution >= 0.6 is 11.6 Å². The van der Waals surface area contributed by atoms with Crippen LogP contribution in [0.25, 0.3) is 0 Å². The Morgan fingerprint density at radius 1 is 1.09 bits per heavy atom. The van der Waals surface area contributed by atoms with Gasteiger partial charge in [-0.25, -0.2) is 0 Å². The maximum absolute atomic E-state index is 13.2. The number of hydrogen-bond acceptors (Lipinski definition) is 4. The molecule has 1 N–H and O–H groups in total. The van der Waals surface area contributed by atoms with Crippen LogP contribution in [0.1, 0.15) is 42.1 Å². The first kappa shape index (κ1) is 23.9. The zero-order valence-corrected chi connectivity index (χ0v) is 19.8. The Hall–Kier alpha value is -2.73. The molecule has 6 nitrogen and oxygen atoms in total. The summed E-state index contributed by atoms with van der Waals surface area (Å²) >= 11 is 5.97. The molecule has 0 aromatic heterocycles. The number of methoxy groups -OCH3 is 2. The Morgan fingerprint density at radius 2 is 1.81 bits per heavy atom. The van der Waals surface area contributed by atoms with Crippen molar-refractivity contribution in [3.63, 3.8) is 0 Å². The van der Waals surface area contributed by atoms with Crippen LogP contribution in [-0.2, 0) is 4.79 Å². The number of carbonyl (C=O) groups is 2. The second kappa shape index (κ2) is 10.7. The van der Waals surface area contributed by atoms with Crippen LogP contribution in [0.2, 0.25) is 5.02 Å². The van der Waals surface area contributed by atoms with Crippen molar-refractivity contribution < 1.29 is 19.1 Å². The molecule has 0 radical (unpaired) electrons. The van der Waals surface area contributed by atoms with Crippen molar-refractivity contribution in [1.82, 2.24) is 10.2 Å². The van der Waals surface area contributed by atoms with E-state index in [4.69, 9.17) is 21.1 Å². The van der Waals surface area contributed by atoms with Crippen molar-refractivity contribution in [2.45, 2.75) is 26.2 Å². The first-order valence-electron chi connectivity index (χ1n) is 10.9. The van der Waals surface area contributed by atoms with Crippen molar-refractivity contribution in [2.75, 3.05) is 33.9 Å². The number of nitrogens with zero attached hydrogens (tertiary/aromatic N) is 1. The molecule has 1 aliphatic rings. The van der Waals surface area contributed by atoms with Crippen LogP contribution in [-0.4, -0.2) is 50.6 Å². The fourth-order valence-electron chi connectivity index (χ4n) is 4.07. The summed E-state index contributed by atoms with van der Waals surface area (Å²) in [6.07, 6.45) is 0.902. The van der Waals surface area contributed by atoms with Gasteiger partial charge in [0.2, 0.25) is 5.91 Å². The third-order valence-corrected chi connectivity index (χ3v) is 6.14. The smallest absolute Gasteiger partial charge is 0.253 e. The second-order valence-electron chi connectivity index (χ2n) is 8.51. The SMILES string of the molecule is COc1ccc(OC)c(C2CN(C(=O)c3ccc(Cl)cc3)CC2C(=O)NCCC(C)C)c1. The van der Waals surface area contributed by atoms with Gasteiger partial charge in [0.15, 0.2) is 0 Å². The zero-order valence-electron chi connectivity index (χ0n) is 19.1. The van der Waals surface area contributed by atoms with E-state index in [9.17, 15) is 9.59 Å². The molecule has 7 heteroatoms. The van der Waals surface area contributed by atoms with E-state index in [2.05, 4.69) is 19.2 Å². The van der Waals surface area contributed by atoms with Gasteiger partial charge in [-0.2, -0.15) is 0 Å². The van der Waals surface area contributed by atoms with E-state index in [1.165, 1.54) is 0 Å². The van der Waals surface area contributed by atoms with E-state index in [0.717, 1.165) is 12.0 Å². The number of nitrogens with one attached hydrogen (secondary N) is 1. The topological polar surface area (TPSA) is 67.9 Å². The molecule has 1 aliphatic heterocycles. The van der Waals surface area contributed by atoms with E-state index in [0.29, 0.717) is 47.6 Å². The fraction of sp³-hybridized carbons (Fsp3) is 0.440. The molecule has 2 atom stereocenters. The van der Waals surface area contributed by atoms with Gasteiger partial charge in [-0.3, -0.25) is 9.59 Å². The number of halogens is 1. The lowest BCUT2D eigenvalue weighted by Crippen LogP contribution is -2.36. The summed E-state index contributed by atoms with van der Waals surface area (Å²) in [6, 6.07) is 12.4. The van der Waals surface area contributed by atoms with E-state index in [1.807, 2.05) is 18.2 Å². The van der Waals surface area contributed by atoms with Gasteiger partial charge < -0.3 is 19.7 Å². The molecule has 0 aliphatic carbocycles. The third kappa shape index (κ3) is 5.54. The molecule has 0 saturated carbocycles. The van der Waals surface area contributed by atoms with Gasteiger partial charge in [-0.1, -0.05) is 25.4 Å². The van der Waals surface area contributed by atoms with Crippen LogP contribution in [0.15, 0.2) is 42.5 Å². The van der Waals surface area contributed by atoms with Gasteiger partial charge in [-0.15, -0.1) is 0 Å². The highest BCUT2D eigenvalue weighted by atomic mass is 35.5. The highest BCUT2D eigenvalue weighted by Gasteiger charge is 2.41. The van der Waals surface area contributed by atoms with Gasteiger partial charge in [0, 0.05) is 41.7 Å². The first-order valence-corrected chi connectivity index (χ1v) is 11.3. The number of rotatable bonds is 8. The molecule has 0 spiro atoms. The van der Waals surface area contributed by atoms with Crippen LogP contribution in [0.5, 0.6) is 11.5 Å². The van der Waals surface area contributed by atoms with Gasteiger partial charge in [0.1, 0.15) is 11.5 Å². The quantitative estimate of drug-likeness (QED) is 0.637. The van der Waals surface area contributed by atoms with Gasteiger partial charge >= 0.3 is 0 Å². The zero-order chi connectivity index (χ0) is 23.3. The number of hydrogen-bond donors (Lipinski definition) is 1. The summed E-state index contributed by atoms with van der Waals surface area (Å²) in [6.45, 7) is 5.60. The Bertz CT molecular complexity index is 945. The number of benzene rings is 2. The predicted molar refractivity (Wildman–Crippen MR) is 126 cm³/mol. The summed E-state index contributed by atoms with van der Waals surface area (Å²) in [5.41, 5.74) is 1.41. The molecule has 1 saturated heterocycles. The van der Waals surface area contributed by atoms with Crippen molar-refractivity contribution in [3.8, 4) is 11.5 Å². The van der Waals surface area contributed by atoms with Gasteiger partial charge in [0.05, 0.1) is 20.1 Å². The minimum absolute atomic E-state index is 0.0491. The average Bonchev–Trinajstić information content (AvgIpc) is 3.23. The number of carbonyl (C=O) groups excluding carboxylic acids is 2. The number of likely N-dealkylation sites (tertiary alicyclic amines) is 1. The van der Waals surface area contributed by atoms with Crippen LogP contribution in [0.4, 0.5) is 0 Å². The molecule has 1 heterocycles. The van der Waals surface area contributed by atoms with Crippen molar-refractivity contribution in [2.24, 2.45) is 11.8 Å². The summed E-state index contributed by atoms with van der Waals surface area (Å²) < 4.78 is 11.0. The number of ether oxygens (including phenoxy) is 2. The number of amides is 2. The molecular formula is C25H31ClN2O4. The summed E-state index contributed by atoms with van der Waals surface area (Å²) in [7, 11) is 3.21. The second-order valence-corrected chi connectivity index (χ2v) is 8.95. The normalized spacial score (nSPS) is 18.0.